The van der Waals surface area contributed by atoms with Gasteiger partial charge in [0, 0.05) is 26.2 Å². The molecule has 0 spiro atoms. The number of rotatable bonds is 2. The molecule has 2 aliphatic heterocycles. The van der Waals surface area contributed by atoms with Crippen LogP contribution in [0.4, 0.5) is 0 Å². The van der Waals surface area contributed by atoms with Crippen molar-refractivity contribution in [2.24, 2.45) is 5.92 Å². The van der Waals surface area contributed by atoms with Crippen LogP contribution in [0.15, 0.2) is 0 Å². The van der Waals surface area contributed by atoms with Crippen LogP contribution in [-0.4, -0.2) is 54.7 Å². The van der Waals surface area contributed by atoms with Crippen molar-refractivity contribution in [2.45, 2.75) is 45.3 Å². The third-order valence-corrected chi connectivity index (χ3v) is 4.02. The van der Waals surface area contributed by atoms with E-state index in [1.807, 2.05) is 27.7 Å². The SMILES string of the molecule is CC1(C)OC(C)(C)C(CN2CCCOCC2)C1=O. The smallest absolute Gasteiger partial charge is 0.171 e. The lowest BCUT2D eigenvalue weighted by atomic mass is 9.85. The summed E-state index contributed by atoms with van der Waals surface area (Å²) in [7, 11) is 0. The molecule has 2 fully saturated rings. The molecule has 18 heavy (non-hydrogen) atoms. The van der Waals surface area contributed by atoms with Crippen molar-refractivity contribution in [3.8, 4) is 0 Å². The first-order valence-corrected chi connectivity index (χ1v) is 6.87. The predicted octanol–water partition coefficient (Wildman–Crippen LogP) is 1.48. The second-order valence-corrected chi connectivity index (χ2v) is 6.40. The van der Waals surface area contributed by atoms with Gasteiger partial charge in [0.15, 0.2) is 5.78 Å². The number of carbonyl (C=O) groups is 1. The molecular formula is C14H25NO3. The van der Waals surface area contributed by atoms with Gasteiger partial charge in [-0.1, -0.05) is 0 Å². The van der Waals surface area contributed by atoms with Crippen LogP contribution in [0, 0.1) is 5.92 Å². The number of hydrogen-bond acceptors (Lipinski definition) is 4. The standard InChI is InChI=1S/C14H25NO3/c1-13(2)11(12(16)14(3,4)18-13)10-15-6-5-8-17-9-7-15/h11H,5-10H2,1-4H3. The van der Waals surface area contributed by atoms with E-state index in [9.17, 15) is 4.79 Å². The van der Waals surface area contributed by atoms with E-state index < -0.39 is 5.60 Å². The molecule has 2 rings (SSSR count). The van der Waals surface area contributed by atoms with Crippen LogP contribution in [0.25, 0.3) is 0 Å². The zero-order valence-electron chi connectivity index (χ0n) is 12.0. The third-order valence-electron chi connectivity index (χ3n) is 4.02. The Labute approximate surface area is 110 Å². The summed E-state index contributed by atoms with van der Waals surface area (Å²) < 4.78 is 11.4. The number of nitrogens with zero attached hydrogens (tertiary/aromatic N) is 1. The highest BCUT2D eigenvalue weighted by molar-refractivity contribution is 5.91. The van der Waals surface area contributed by atoms with E-state index in [1.54, 1.807) is 0 Å². The van der Waals surface area contributed by atoms with Crippen molar-refractivity contribution < 1.29 is 14.3 Å². The van der Waals surface area contributed by atoms with Crippen molar-refractivity contribution in [1.82, 2.24) is 4.90 Å². The number of hydrogen-bond donors (Lipinski definition) is 0. The molecule has 0 aromatic heterocycles. The lowest BCUT2D eigenvalue weighted by Crippen LogP contribution is -2.42. The monoisotopic (exact) mass is 255 g/mol. The number of carbonyl (C=O) groups excluding carboxylic acids is 1. The van der Waals surface area contributed by atoms with Crippen LogP contribution >= 0.6 is 0 Å². The van der Waals surface area contributed by atoms with E-state index in [0.717, 1.165) is 39.3 Å². The Morgan fingerprint density at radius 2 is 1.94 bits per heavy atom. The molecule has 0 radical (unpaired) electrons. The lowest BCUT2D eigenvalue weighted by Gasteiger charge is -2.29. The minimum atomic E-state index is -0.642. The summed E-state index contributed by atoms with van der Waals surface area (Å²) in [5, 5.41) is 0. The molecule has 4 heteroatoms. The van der Waals surface area contributed by atoms with Crippen LogP contribution in [0.5, 0.6) is 0 Å². The molecule has 104 valence electrons. The topological polar surface area (TPSA) is 38.8 Å². The highest BCUT2D eigenvalue weighted by Gasteiger charge is 2.53. The summed E-state index contributed by atoms with van der Waals surface area (Å²) in [6.45, 7) is 12.1. The van der Waals surface area contributed by atoms with Gasteiger partial charge in [0.05, 0.1) is 18.1 Å². The molecule has 2 aliphatic rings. The maximum Gasteiger partial charge on any atom is 0.171 e. The Bertz CT molecular complexity index is 317. The molecule has 0 aliphatic carbocycles. The Balaban J connectivity index is 2.05. The van der Waals surface area contributed by atoms with Gasteiger partial charge in [0.1, 0.15) is 5.60 Å². The second kappa shape index (κ2) is 4.91. The van der Waals surface area contributed by atoms with Crippen molar-refractivity contribution in [2.75, 3.05) is 32.8 Å². The highest BCUT2D eigenvalue weighted by Crippen LogP contribution is 2.39. The summed E-state index contributed by atoms with van der Waals surface area (Å²) >= 11 is 0. The molecule has 0 N–H and O–H groups in total. The van der Waals surface area contributed by atoms with Crippen LogP contribution < -0.4 is 0 Å². The molecule has 0 saturated carbocycles. The largest absolute Gasteiger partial charge is 0.380 e. The minimum Gasteiger partial charge on any atom is -0.380 e. The molecular weight excluding hydrogens is 230 g/mol. The molecule has 2 heterocycles. The first kappa shape index (κ1) is 14.0. The van der Waals surface area contributed by atoms with Crippen LogP contribution in [0.1, 0.15) is 34.1 Å². The molecule has 0 aromatic carbocycles. The molecule has 0 bridgehead atoms. The van der Waals surface area contributed by atoms with E-state index in [0.29, 0.717) is 0 Å². The van der Waals surface area contributed by atoms with Crippen LogP contribution in [0.2, 0.25) is 0 Å². The average Bonchev–Trinajstić information content (AvgIpc) is 2.49. The van der Waals surface area contributed by atoms with Gasteiger partial charge in [-0.2, -0.15) is 0 Å². The molecule has 1 atom stereocenters. The second-order valence-electron chi connectivity index (χ2n) is 6.40. The fourth-order valence-corrected chi connectivity index (χ4v) is 3.06. The fraction of sp³-hybridized carbons (Fsp3) is 0.929. The normalized spacial score (nSPS) is 32.4. The van der Waals surface area contributed by atoms with E-state index in [4.69, 9.17) is 9.47 Å². The van der Waals surface area contributed by atoms with Crippen LogP contribution in [0.3, 0.4) is 0 Å². The summed E-state index contributed by atoms with van der Waals surface area (Å²) in [6.07, 6.45) is 1.05. The van der Waals surface area contributed by atoms with E-state index >= 15 is 0 Å². The molecule has 0 aromatic rings. The Kier molecular flexibility index (Phi) is 3.81. The lowest BCUT2D eigenvalue weighted by molar-refractivity contribution is -0.132. The first-order chi connectivity index (χ1) is 8.33. The Morgan fingerprint density at radius 3 is 2.56 bits per heavy atom. The minimum absolute atomic E-state index is 0.0365. The van der Waals surface area contributed by atoms with Gasteiger partial charge in [0.25, 0.3) is 0 Å². The molecule has 4 nitrogen and oxygen atoms in total. The number of ether oxygens (including phenoxy) is 2. The van der Waals surface area contributed by atoms with Crippen LogP contribution in [-0.2, 0) is 14.3 Å². The quantitative estimate of drug-likeness (QED) is 0.749. The Hall–Kier alpha value is -0.450. The molecule has 1 unspecified atom stereocenters. The summed E-state index contributed by atoms with van der Waals surface area (Å²) in [5.41, 5.74) is -1.01. The van der Waals surface area contributed by atoms with Crippen molar-refractivity contribution >= 4 is 5.78 Å². The van der Waals surface area contributed by atoms with Gasteiger partial charge >= 0.3 is 0 Å². The van der Waals surface area contributed by atoms with Gasteiger partial charge in [-0.05, 0) is 34.1 Å². The fourth-order valence-electron chi connectivity index (χ4n) is 3.06. The van der Waals surface area contributed by atoms with Gasteiger partial charge in [0.2, 0.25) is 0 Å². The van der Waals surface area contributed by atoms with Gasteiger partial charge in [-0.3, -0.25) is 4.79 Å². The van der Waals surface area contributed by atoms with Crippen molar-refractivity contribution in [3.63, 3.8) is 0 Å². The van der Waals surface area contributed by atoms with E-state index in [-0.39, 0.29) is 17.3 Å². The zero-order chi connectivity index (χ0) is 13.4. The maximum absolute atomic E-state index is 12.4. The predicted molar refractivity (Wildman–Crippen MR) is 69.6 cm³/mol. The van der Waals surface area contributed by atoms with Gasteiger partial charge in [-0.15, -0.1) is 0 Å². The van der Waals surface area contributed by atoms with Gasteiger partial charge < -0.3 is 14.4 Å². The maximum atomic E-state index is 12.4. The summed E-state index contributed by atoms with van der Waals surface area (Å²) in [5.74, 6) is 0.197. The number of Topliss-reactive ketones (excluding diaryl/α,β-unsaturated/α-hetero) is 1. The average molecular weight is 255 g/mol. The highest BCUT2D eigenvalue weighted by atomic mass is 16.5. The molecule has 2 saturated heterocycles. The van der Waals surface area contributed by atoms with Crippen molar-refractivity contribution in [1.29, 1.82) is 0 Å². The first-order valence-electron chi connectivity index (χ1n) is 6.87. The Morgan fingerprint density at radius 1 is 1.22 bits per heavy atom. The van der Waals surface area contributed by atoms with E-state index in [1.165, 1.54) is 0 Å². The third kappa shape index (κ3) is 2.76. The van der Waals surface area contributed by atoms with Gasteiger partial charge in [-0.25, -0.2) is 0 Å². The number of ketones is 1. The van der Waals surface area contributed by atoms with Crippen molar-refractivity contribution in [3.05, 3.63) is 0 Å². The van der Waals surface area contributed by atoms with E-state index in [2.05, 4.69) is 4.90 Å². The summed E-state index contributed by atoms with van der Waals surface area (Å²) in [4.78, 5) is 14.8. The molecule has 0 amide bonds. The zero-order valence-corrected chi connectivity index (χ0v) is 12.0. The summed E-state index contributed by atoms with van der Waals surface area (Å²) in [6, 6.07) is 0.